The normalized spacial score (nSPS) is 23.6. The Hall–Kier alpha value is -1.06. The molecular formula is C17H27NO2. The second-order valence-corrected chi connectivity index (χ2v) is 6.72. The summed E-state index contributed by atoms with van der Waals surface area (Å²) in [5.41, 5.74) is 1.23. The van der Waals surface area contributed by atoms with Gasteiger partial charge in [0.1, 0.15) is 11.9 Å². The van der Waals surface area contributed by atoms with Gasteiger partial charge in [0, 0.05) is 17.6 Å². The molecular weight excluding hydrogens is 250 g/mol. The van der Waals surface area contributed by atoms with Crippen molar-refractivity contribution >= 4 is 0 Å². The van der Waals surface area contributed by atoms with E-state index in [0.717, 1.165) is 43.5 Å². The molecule has 0 heterocycles. The topological polar surface area (TPSA) is 41.5 Å². The molecule has 0 aliphatic heterocycles. The minimum atomic E-state index is -0.326. The maximum atomic E-state index is 10.0. The van der Waals surface area contributed by atoms with Crippen LogP contribution in [0, 0.1) is 0 Å². The van der Waals surface area contributed by atoms with Gasteiger partial charge in [-0.25, -0.2) is 0 Å². The van der Waals surface area contributed by atoms with Crippen molar-refractivity contribution in [3.8, 4) is 5.75 Å². The predicted octanol–water partition coefficient (Wildman–Crippen LogP) is 3.26. The molecule has 0 radical (unpaired) electrons. The molecule has 1 aliphatic rings. The molecule has 1 saturated carbocycles. The summed E-state index contributed by atoms with van der Waals surface area (Å²) < 4.78 is 6.07. The monoisotopic (exact) mass is 277 g/mol. The van der Waals surface area contributed by atoms with Gasteiger partial charge in [-0.3, -0.25) is 0 Å². The highest BCUT2D eigenvalue weighted by Crippen LogP contribution is 2.26. The fraction of sp³-hybridized carbons (Fsp3) is 0.647. The molecule has 3 heteroatoms. The van der Waals surface area contributed by atoms with Gasteiger partial charge in [-0.2, -0.15) is 0 Å². The molecule has 0 saturated heterocycles. The fourth-order valence-electron chi connectivity index (χ4n) is 2.50. The zero-order chi connectivity index (χ0) is 14.6. The van der Waals surface area contributed by atoms with Gasteiger partial charge in [-0.1, -0.05) is 24.6 Å². The van der Waals surface area contributed by atoms with Crippen molar-refractivity contribution in [3.63, 3.8) is 0 Å². The number of hydrogen-bond acceptors (Lipinski definition) is 3. The molecule has 0 spiro atoms. The van der Waals surface area contributed by atoms with Crippen LogP contribution in [0.1, 0.15) is 52.0 Å². The average molecular weight is 277 g/mol. The van der Waals surface area contributed by atoms with Crippen molar-refractivity contribution in [1.82, 2.24) is 5.32 Å². The lowest BCUT2D eigenvalue weighted by Gasteiger charge is -2.29. The van der Waals surface area contributed by atoms with Crippen LogP contribution in [0.25, 0.3) is 0 Å². The van der Waals surface area contributed by atoms with E-state index < -0.39 is 0 Å². The standard InChI is InChI=1S/C17H27NO2/c1-17(2,3)18-12-13-8-4-6-10-15(13)20-16-11-7-5-9-14(16)19/h4,6,8,10,14,16,18-19H,5,7,9,11-12H2,1-3H3. The Balaban J connectivity index is 2.03. The van der Waals surface area contributed by atoms with Crippen LogP contribution in [0.2, 0.25) is 0 Å². The fourth-order valence-corrected chi connectivity index (χ4v) is 2.50. The first kappa shape index (κ1) is 15.3. The molecule has 112 valence electrons. The molecule has 1 aliphatic carbocycles. The van der Waals surface area contributed by atoms with Gasteiger partial charge < -0.3 is 15.2 Å². The third-order valence-electron chi connectivity index (χ3n) is 3.73. The maximum absolute atomic E-state index is 10.0. The maximum Gasteiger partial charge on any atom is 0.124 e. The van der Waals surface area contributed by atoms with E-state index in [-0.39, 0.29) is 17.7 Å². The van der Waals surface area contributed by atoms with Gasteiger partial charge in [-0.15, -0.1) is 0 Å². The molecule has 0 bridgehead atoms. The molecule has 2 atom stereocenters. The van der Waals surface area contributed by atoms with Crippen LogP contribution in [0.3, 0.4) is 0 Å². The number of aliphatic hydroxyl groups excluding tert-OH is 1. The molecule has 3 nitrogen and oxygen atoms in total. The van der Waals surface area contributed by atoms with Crippen molar-refractivity contribution in [3.05, 3.63) is 29.8 Å². The van der Waals surface area contributed by atoms with Crippen LogP contribution >= 0.6 is 0 Å². The molecule has 1 aromatic carbocycles. The Labute approximate surface area is 122 Å². The van der Waals surface area contributed by atoms with Gasteiger partial charge in [0.05, 0.1) is 6.10 Å². The first-order valence-electron chi connectivity index (χ1n) is 7.63. The number of para-hydroxylation sites is 1. The first-order chi connectivity index (χ1) is 9.46. The lowest BCUT2D eigenvalue weighted by molar-refractivity contribution is 0.00632. The first-order valence-corrected chi connectivity index (χ1v) is 7.63. The zero-order valence-corrected chi connectivity index (χ0v) is 12.9. The van der Waals surface area contributed by atoms with E-state index in [9.17, 15) is 5.11 Å². The summed E-state index contributed by atoms with van der Waals surface area (Å²) in [5, 5.41) is 13.5. The van der Waals surface area contributed by atoms with Crippen LogP contribution in [-0.2, 0) is 6.54 Å². The summed E-state index contributed by atoms with van der Waals surface area (Å²) in [6.07, 6.45) is 3.67. The van der Waals surface area contributed by atoms with E-state index in [1.54, 1.807) is 0 Å². The van der Waals surface area contributed by atoms with Crippen molar-refractivity contribution in [1.29, 1.82) is 0 Å². The van der Waals surface area contributed by atoms with E-state index in [0.29, 0.717) is 0 Å². The predicted molar refractivity (Wildman–Crippen MR) is 81.9 cm³/mol. The molecule has 1 fully saturated rings. The smallest absolute Gasteiger partial charge is 0.124 e. The van der Waals surface area contributed by atoms with Gasteiger partial charge in [0.2, 0.25) is 0 Å². The van der Waals surface area contributed by atoms with Crippen molar-refractivity contribution in [2.75, 3.05) is 0 Å². The molecule has 20 heavy (non-hydrogen) atoms. The summed E-state index contributed by atoms with van der Waals surface area (Å²) >= 11 is 0. The summed E-state index contributed by atoms with van der Waals surface area (Å²) in [4.78, 5) is 0. The molecule has 0 amide bonds. The average Bonchev–Trinajstić information content (AvgIpc) is 2.39. The summed E-state index contributed by atoms with van der Waals surface area (Å²) in [6.45, 7) is 7.24. The van der Waals surface area contributed by atoms with Gasteiger partial charge in [0.15, 0.2) is 0 Å². The highest BCUT2D eigenvalue weighted by atomic mass is 16.5. The van der Waals surface area contributed by atoms with E-state index in [1.807, 2.05) is 18.2 Å². The summed E-state index contributed by atoms with van der Waals surface area (Å²) in [6, 6.07) is 8.11. The van der Waals surface area contributed by atoms with Crippen LogP contribution in [0.15, 0.2) is 24.3 Å². The number of hydrogen-bond donors (Lipinski definition) is 2. The Morgan fingerprint density at radius 3 is 2.60 bits per heavy atom. The quantitative estimate of drug-likeness (QED) is 0.887. The van der Waals surface area contributed by atoms with Gasteiger partial charge >= 0.3 is 0 Å². The van der Waals surface area contributed by atoms with Gasteiger partial charge in [-0.05, 0) is 46.1 Å². The second kappa shape index (κ2) is 6.59. The lowest BCUT2D eigenvalue weighted by atomic mass is 9.95. The SMILES string of the molecule is CC(C)(C)NCc1ccccc1OC1CCCCC1O. The molecule has 0 aromatic heterocycles. The Morgan fingerprint density at radius 2 is 1.90 bits per heavy atom. The molecule has 1 aromatic rings. The van der Waals surface area contributed by atoms with Crippen molar-refractivity contribution in [2.45, 2.75) is 70.7 Å². The van der Waals surface area contributed by atoms with Crippen molar-refractivity contribution < 1.29 is 9.84 Å². The Kier molecular flexibility index (Phi) is 5.06. The van der Waals surface area contributed by atoms with E-state index in [2.05, 4.69) is 32.2 Å². The number of aliphatic hydroxyl groups is 1. The molecule has 2 unspecified atom stereocenters. The van der Waals surface area contributed by atoms with Crippen LogP contribution in [-0.4, -0.2) is 22.9 Å². The minimum Gasteiger partial charge on any atom is -0.487 e. The highest BCUT2D eigenvalue weighted by Gasteiger charge is 2.25. The van der Waals surface area contributed by atoms with Crippen LogP contribution in [0.4, 0.5) is 0 Å². The summed E-state index contributed by atoms with van der Waals surface area (Å²) in [7, 11) is 0. The van der Waals surface area contributed by atoms with Crippen LogP contribution < -0.4 is 10.1 Å². The number of benzene rings is 1. The van der Waals surface area contributed by atoms with E-state index in [4.69, 9.17) is 4.74 Å². The second-order valence-electron chi connectivity index (χ2n) is 6.72. The third kappa shape index (κ3) is 4.50. The lowest BCUT2D eigenvalue weighted by Crippen LogP contribution is -2.36. The number of rotatable bonds is 4. The Morgan fingerprint density at radius 1 is 1.20 bits per heavy atom. The molecule has 2 N–H and O–H groups in total. The van der Waals surface area contributed by atoms with Crippen molar-refractivity contribution in [2.24, 2.45) is 0 Å². The number of ether oxygens (including phenoxy) is 1. The van der Waals surface area contributed by atoms with Gasteiger partial charge in [0.25, 0.3) is 0 Å². The molecule has 2 rings (SSSR count). The Bertz CT molecular complexity index is 425. The van der Waals surface area contributed by atoms with E-state index in [1.165, 1.54) is 0 Å². The summed E-state index contributed by atoms with van der Waals surface area (Å²) in [5.74, 6) is 0.898. The minimum absolute atomic E-state index is 0.0560. The highest BCUT2D eigenvalue weighted by molar-refractivity contribution is 5.33. The van der Waals surface area contributed by atoms with Crippen LogP contribution in [0.5, 0.6) is 5.75 Å². The number of nitrogens with one attached hydrogen (secondary N) is 1. The third-order valence-corrected chi connectivity index (χ3v) is 3.73. The zero-order valence-electron chi connectivity index (χ0n) is 12.9. The van der Waals surface area contributed by atoms with E-state index >= 15 is 0 Å². The largest absolute Gasteiger partial charge is 0.487 e.